The van der Waals surface area contributed by atoms with E-state index >= 15 is 0 Å². The molecule has 0 bridgehead atoms. The molecule has 1 fully saturated rings. The van der Waals surface area contributed by atoms with Crippen LogP contribution in [0, 0.1) is 0 Å². The molecule has 1 N–H and O–H groups in total. The number of halogens is 1. The van der Waals surface area contributed by atoms with E-state index < -0.39 is 14.6 Å². The minimum atomic E-state index is -3.04. The fourth-order valence-corrected chi connectivity index (χ4v) is 3.45. The molecule has 1 saturated heterocycles. The van der Waals surface area contributed by atoms with Crippen molar-refractivity contribution in [1.29, 1.82) is 0 Å². The van der Waals surface area contributed by atoms with Crippen LogP contribution in [0.5, 0.6) is 0 Å². The number of nitrogens with one attached hydrogen (secondary N) is 1. The minimum Gasteiger partial charge on any atom is -0.377 e. The maximum absolute atomic E-state index is 12.1. The zero-order valence-corrected chi connectivity index (χ0v) is 17.6. The van der Waals surface area contributed by atoms with E-state index in [9.17, 15) is 8.42 Å². The van der Waals surface area contributed by atoms with Crippen molar-refractivity contribution in [3.8, 4) is 0 Å². The third-order valence-electron chi connectivity index (χ3n) is 3.84. The number of hydrogen-bond donors (Lipinski definition) is 1. The SMILES string of the molecule is CCNC(=NCC(C)(C)OC)N1CCS(=O)(=O)C(C)(C)C1.I. The van der Waals surface area contributed by atoms with Gasteiger partial charge in [-0.15, -0.1) is 24.0 Å². The molecule has 0 aliphatic carbocycles. The van der Waals surface area contributed by atoms with Crippen LogP contribution >= 0.6 is 24.0 Å². The van der Waals surface area contributed by atoms with E-state index in [0.29, 0.717) is 19.6 Å². The highest BCUT2D eigenvalue weighted by Crippen LogP contribution is 2.23. The number of methoxy groups -OCH3 is 1. The van der Waals surface area contributed by atoms with Crippen LogP contribution in [0.1, 0.15) is 34.6 Å². The molecule has 0 aromatic heterocycles. The highest BCUT2D eigenvalue weighted by molar-refractivity contribution is 14.0. The van der Waals surface area contributed by atoms with Gasteiger partial charge in [0.2, 0.25) is 0 Å². The predicted octanol–water partition coefficient (Wildman–Crippen LogP) is 1.50. The summed E-state index contributed by atoms with van der Waals surface area (Å²) in [6.45, 7) is 11.7. The molecule has 0 aromatic carbocycles. The molecule has 0 radical (unpaired) electrons. The van der Waals surface area contributed by atoms with Crippen LogP contribution < -0.4 is 5.32 Å². The van der Waals surface area contributed by atoms with Gasteiger partial charge in [0.25, 0.3) is 0 Å². The van der Waals surface area contributed by atoms with E-state index in [1.165, 1.54) is 0 Å². The number of sulfone groups is 1. The fraction of sp³-hybridized carbons (Fsp3) is 0.929. The van der Waals surface area contributed by atoms with Crippen molar-refractivity contribution in [2.75, 3.05) is 39.0 Å². The van der Waals surface area contributed by atoms with Crippen molar-refractivity contribution < 1.29 is 13.2 Å². The van der Waals surface area contributed by atoms with E-state index in [-0.39, 0.29) is 35.3 Å². The Morgan fingerprint density at radius 3 is 2.45 bits per heavy atom. The maximum Gasteiger partial charge on any atom is 0.194 e. The predicted molar refractivity (Wildman–Crippen MR) is 102 cm³/mol. The molecule has 0 saturated carbocycles. The molecule has 6 nitrogen and oxygen atoms in total. The van der Waals surface area contributed by atoms with Gasteiger partial charge in [0.05, 0.1) is 22.6 Å². The lowest BCUT2D eigenvalue weighted by Crippen LogP contribution is -2.57. The monoisotopic (exact) mass is 447 g/mol. The van der Waals surface area contributed by atoms with Crippen LogP contribution in [0.15, 0.2) is 4.99 Å². The van der Waals surface area contributed by atoms with Crippen molar-refractivity contribution >= 4 is 39.8 Å². The van der Waals surface area contributed by atoms with E-state index in [2.05, 4.69) is 10.3 Å². The average molecular weight is 447 g/mol. The molecule has 1 heterocycles. The van der Waals surface area contributed by atoms with Crippen molar-refractivity contribution in [3.05, 3.63) is 0 Å². The average Bonchev–Trinajstić information content (AvgIpc) is 2.38. The summed E-state index contributed by atoms with van der Waals surface area (Å²) >= 11 is 0. The van der Waals surface area contributed by atoms with Gasteiger partial charge in [0.1, 0.15) is 0 Å². The molecule has 22 heavy (non-hydrogen) atoms. The Morgan fingerprint density at radius 1 is 1.41 bits per heavy atom. The number of aliphatic imine (C=N–C) groups is 1. The third kappa shape index (κ3) is 5.52. The van der Waals surface area contributed by atoms with Crippen molar-refractivity contribution in [2.24, 2.45) is 4.99 Å². The second kappa shape index (κ2) is 8.14. The van der Waals surface area contributed by atoms with Crippen LogP contribution in [0.3, 0.4) is 0 Å². The van der Waals surface area contributed by atoms with Crippen molar-refractivity contribution in [2.45, 2.75) is 45.0 Å². The van der Waals surface area contributed by atoms with Crippen molar-refractivity contribution in [1.82, 2.24) is 10.2 Å². The quantitative estimate of drug-likeness (QED) is 0.402. The summed E-state index contributed by atoms with van der Waals surface area (Å²) in [6, 6.07) is 0. The molecular formula is C14H30IN3O3S. The van der Waals surface area contributed by atoms with E-state index in [1.807, 2.05) is 25.7 Å². The molecular weight excluding hydrogens is 417 g/mol. The van der Waals surface area contributed by atoms with Crippen molar-refractivity contribution in [3.63, 3.8) is 0 Å². The smallest absolute Gasteiger partial charge is 0.194 e. The van der Waals surface area contributed by atoms with Gasteiger partial charge in [0.15, 0.2) is 15.8 Å². The molecule has 0 atom stereocenters. The first kappa shape index (κ1) is 21.9. The first-order chi connectivity index (χ1) is 9.54. The van der Waals surface area contributed by atoms with Gasteiger partial charge in [-0.3, -0.25) is 4.99 Å². The van der Waals surface area contributed by atoms with E-state index in [4.69, 9.17) is 4.74 Å². The summed E-state index contributed by atoms with van der Waals surface area (Å²) in [7, 11) is -1.37. The summed E-state index contributed by atoms with van der Waals surface area (Å²) in [6.07, 6.45) is 0. The number of nitrogens with zero attached hydrogens (tertiary/aromatic N) is 2. The topological polar surface area (TPSA) is 71.0 Å². The van der Waals surface area contributed by atoms with Gasteiger partial charge in [-0.25, -0.2) is 8.42 Å². The zero-order valence-electron chi connectivity index (χ0n) is 14.5. The Labute approximate surface area is 152 Å². The summed E-state index contributed by atoms with van der Waals surface area (Å²) in [4.78, 5) is 6.63. The molecule has 0 amide bonds. The van der Waals surface area contributed by atoms with Crippen LogP contribution in [0.2, 0.25) is 0 Å². The van der Waals surface area contributed by atoms with E-state index in [1.54, 1.807) is 21.0 Å². The van der Waals surface area contributed by atoms with Gasteiger partial charge in [0, 0.05) is 26.7 Å². The van der Waals surface area contributed by atoms with Crippen LogP contribution in [-0.2, 0) is 14.6 Å². The molecule has 1 aliphatic heterocycles. The second-order valence-corrected chi connectivity index (χ2v) is 9.38. The molecule has 132 valence electrons. The van der Waals surface area contributed by atoms with Gasteiger partial charge in [-0.2, -0.15) is 0 Å². The Hall–Kier alpha value is -0.0900. The normalized spacial score (nSPS) is 21.2. The standard InChI is InChI=1S/C14H29N3O3S.HI/c1-7-15-12(16-10-13(2,3)20-6)17-8-9-21(18,19)14(4,5)11-17;/h7-11H2,1-6H3,(H,15,16);1H. The first-order valence-electron chi connectivity index (χ1n) is 7.35. The molecule has 1 aliphatic rings. The van der Waals surface area contributed by atoms with Crippen LogP contribution in [0.25, 0.3) is 0 Å². The lowest BCUT2D eigenvalue weighted by Gasteiger charge is -2.39. The summed E-state index contributed by atoms with van der Waals surface area (Å²) < 4.78 is 28.8. The van der Waals surface area contributed by atoms with Crippen LogP contribution in [-0.4, -0.2) is 68.7 Å². The highest BCUT2D eigenvalue weighted by atomic mass is 127. The fourth-order valence-electron chi connectivity index (χ4n) is 2.08. The van der Waals surface area contributed by atoms with Gasteiger partial charge in [-0.05, 0) is 34.6 Å². The number of rotatable bonds is 4. The summed E-state index contributed by atoms with van der Waals surface area (Å²) in [5.41, 5.74) is -0.335. The van der Waals surface area contributed by atoms with Gasteiger partial charge < -0.3 is 15.0 Å². The Balaban J connectivity index is 0.00000441. The van der Waals surface area contributed by atoms with Gasteiger partial charge in [-0.1, -0.05) is 0 Å². The Kier molecular flexibility index (Phi) is 8.11. The van der Waals surface area contributed by atoms with E-state index in [0.717, 1.165) is 12.5 Å². The largest absolute Gasteiger partial charge is 0.377 e. The second-order valence-electron chi connectivity index (χ2n) is 6.63. The zero-order chi connectivity index (χ0) is 16.3. The lowest BCUT2D eigenvalue weighted by molar-refractivity contribution is 0.0308. The van der Waals surface area contributed by atoms with Crippen LogP contribution in [0.4, 0.5) is 0 Å². The number of hydrogen-bond acceptors (Lipinski definition) is 4. The summed E-state index contributed by atoms with van der Waals surface area (Å²) in [5.74, 6) is 0.920. The highest BCUT2D eigenvalue weighted by Gasteiger charge is 2.41. The molecule has 1 rings (SSSR count). The lowest BCUT2D eigenvalue weighted by atomic mass is 10.1. The first-order valence-corrected chi connectivity index (χ1v) is 9.00. The third-order valence-corrected chi connectivity index (χ3v) is 6.37. The molecule has 0 aromatic rings. The minimum absolute atomic E-state index is 0. The maximum atomic E-state index is 12.1. The number of guanidine groups is 1. The number of ether oxygens (including phenoxy) is 1. The molecule has 8 heteroatoms. The summed E-state index contributed by atoms with van der Waals surface area (Å²) in [5, 5.41) is 3.24. The Bertz CT molecular complexity index is 490. The van der Waals surface area contributed by atoms with Gasteiger partial charge >= 0.3 is 0 Å². The Morgan fingerprint density at radius 2 is 2.00 bits per heavy atom. The molecule has 0 spiro atoms. The molecule has 0 unspecified atom stereocenters.